The van der Waals surface area contributed by atoms with Crippen LogP contribution in [0, 0.1) is 6.92 Å². The van der Waals surface area contributed by atoms with Crippen molar-refractivity contribution >= 4 is 33.3 Å². The molecule has 0 aliphatic carbocycles. The number of thiophene rings is 1. The van der Waals surface area contributed by atoms with E-state index in [-0.39, 0.29) is 0 Å². The highest BCUT2D eigenvalue weighted by Gasteiger charge is 2.28. The van der Waals surface area contributed by atoms with Gasteiger partial charge in [-0.25, -0.2) is 14.8 Å². The fraction of sp³-hybridized carbons (Fsp3) is 0.500. The minimum atomic E-state index is -0.894. The molecule has 0 amide bonds. The van der Waals surface area contributed by atoms with E-state index in [1.165, 1.54) is 17.7 Å². The molecule has 3 heterocycles. The van der Waals surface area contributed by atoms with Crippen molar-refractivity contribution in [2.75, 3.05) is 32.1 Å². The van der Waals surface area contributed by atoms with E-state index < -0.39 is 5.97 Å². The van der Waals surface area contributed by atoms with E-state index in [4.69, 9.17) is 0 Å². The number of aromatic carboxylic acids is 1. The number of aromatic nitrogens is 2. The highest BCUT2D eigenvalue weighted by Crippen LogP contribution is 2.36. The van der Waals surface area contributed by atoms with Gasteiger partial charge in [0.15, 0.2) is 0 Å². The topological polar surface area (TPSA) is 69.6 Å². The fourth-order valence-electron chi connectivity index (χ4n) is 2.85. The number of carboxylic acid groups (broad SMARTS) is 1. The molecule has 0 saturated carbocycles. The van der Waals surface area contributed by atoms with Crippen LogP contribution in [-0.2, 0) is 0 Å². The first-order valence-corrected chi connectivity index (χ1v) is 7.69. The lowest BCUT2D eigenvalue weighted by Gasteiger charge is -2.21. The number of likely N-dealkylation sites (N-methyl/N-ethyl adjacent to an activating group) is 1. The Balaban J connectivity index is 2.05. The first-order chi connectivity index (χ1) is 9.99. The molecule has 0 aromatic carbocycles. The zero-order chi connectivity index (χ0) is 15.1. The van der Waals surface area contributed by atoms with Gasteiger partial charge in [0.2, 0.25) is 0 Å². The molecule has 1 atom stereocenters. The monoisotopic (exact) mass is 306 g/mol. The molecule has 1 N–H and O–H groups in total. The summed E-state index contributed by atoms with van der Waals surface area (Å²) in [4.78, 5) is 25.5. The first kappa shape index (κ1) is 14.2. The molecule has 1 unspecified atom stereocenters. The third-order valence-electron chi connectivity index (χ3n) is 4.09. The molecule has 7 heteroatoms. The molecule has 0 spiro atoms. The van der Waals surface area contributed by atoms with E-state index in [0.717, 1.165) is 41.1 Å². The van der Waals surface area contributed by atoms with Gasteiger partial charge >= 0.3 is 5.97 Å². The lowest BCUT2D eigenvalue weighted by molar-refractivity contribution is 0.0701. The molecular weight excluding hydrogens is 288 g/mol. The van der Waals surface area contributed by atoms with Gasteiger partial charge in [-0.1, -0.05) is 0 Å². The van der Waals surface area contributed by atoms with Crippen LogP contribution in [0.25, 0.3) is 10.2 Å². The van der Waals surface area contributed by atoms with Crippen molar-refractivity contribution in [3.8, 4) is 0 Å². The van der Waals surface area contributed by atoms with Crippen molar-refractivity contribution < 1.29 is 9.90 Å². The van der Waals surface area contributed by atoms with Crippen LogP contribution in [-0.4, -0.2) is 59.2 Å². The predicted molar refractivity (Wildman–Crippen MR) is 83.4 cm³/mol. The summed E-state index contributed by atoms with van der Waals surface area (Å²) in [6, 6.07) is 0.507. The molecule has 112 valence electrons. The van der Waals surface area contributed by atoms with Crippen molar-refractivity contribution in [3.63, 3.8) is 0 Å². The molecule has 1 saturated heterocycles. The van der Waals surface area contributed by atoms with Crippen LogP contribution in [0.2, 0.25) is 0 Å². The molecule has 0 bridgehead atoms. The van der Waals surface area contributed by atoms with Gasteiger partial charge in [0.05, 0.1) is 5.39 Å². The summed E-state index contributed by atoms with van der Waals surface area (Å²) in [5.74, 6) is -0.0281. The first-order valence-electron chi connectivity index (χ1n) is 6.87. The number of aryl methyl sites for hydroxylation is 1. The summed E-state index contributed by atoms with van der Waals surface area (Å²) >= 11 is 1.22. The van der Waals surface area contributed by atoms with Crippen LogP contribution in [0.15, 0.2) is 6.33 Å². The molecule has 2 aromatic rings. The van der Waals surface area contributed by atoms with Crippen LogP contribution in [0.5, 0.6) is 0 Å². The van der Waals surface area contributed by atoms with Crippen LogP contribution >= 0.6 is 11.3 Å². The third kappa shape index (κ3) is 2.36. The number of carbonyl (C=O) groups is 1. The minimum absolute atomic E-state index is 0.357. The maximum Gasteiger partial charge on any atom is 0.346 e. The fourth-order valence-corrected chi connectivity index (χ4v) is 3.83. The average Bonchev–Trinajstić information content (AvgIpc) is 3.04. The Morgan fingerprint density at radius 2 is 2.24 bits per heavy atom. The SMILES string of the molecule is Cc1c(C(=O)O)sc2ncnc(N3CCC(N(C)C)C3)c12. The van der Waals surface area contributed by atoms with E-state index in [1.54, 1.807) is 0 Å². The number of nitrogens with zero attached hydrogens (tertiary/aromatic N) is 4. The Kier molecular flexibility index (Phi) is 3.54. The van der Waals surface area contributed by atoms with E-state index >= 15 is 0 Å². The summed E-state index contributed by atoms with van der Waals surface area (Å²) in [6.45, 7) is 3.69. The maximum absolute atomic E-state index is 11.3. The molecular formula is C14H18N4O2S. The van der Waals surface area contributed by atoms with Crippen molar-refractivity contribution in [3.05, 3.63) is 16.8 Å². The van der Waals surface area contributed by atoms with E-state index in [0.29, 0.717) is 10.9 Å². The molecule has 0 radical (unpaired) electrons. The number of hydrogen-bond acceptors (Lipinski definition) is 6. The van der Waals surface area contributed by atoms with Crippen LogP contribution in [0.1, 0.15) is 21.7 Å². The van der Waals surface area contributed by atoms with E-state index in [9.17, 15) is 9.90 Å². The van der Waals surface area contributed by atoms with E-state index in [2.05, 4.69) is 33.9 Å². The van der Waals surface area contributed by atoms with Gasteiger partial charge in [-0.3, -0.25) is 0 Å². The van der Waals surface area contributed by atoms with Gasteiger partial charge in [-0.15, -0.1) is 11.3 Å². The van der Waals surface area contributed by atoms with E-state index in [1.807, 2.05) is 6.92 Å². The van der Waals surface area contributed by atoms with Gasteiger partial charge in [0.1, 0.15) is 21.9 Å². The average molecular weight is 306 g/mol. The second-order valence-corrected chi connectivity index (χ2v) is 6.59. The highest BCUT2D eigenvalue weighted by molar-refractivity contribution is 7.20. The van der Waals surface area contributed by atoms with Gasteiger partial charge in [-0.2, -0.15) is 0 Å². The zero-order valence-electron chi connectivity index (χ0n) is 12.3. The summed E-state index contributed by atoms with van der Waals surface area (Å²) in [7, 11) is 4.17. The standard InChI is InChI=1S/C14H18N4O2S/c1-8-10-12(18-5-4-9(6-18)17(2)3)15-7-16-13(10)21-11(8)14(19)20/h7,9H,4-6H2,1-3H3,(H,19,20). The smallest absolute Gasteiger partial charge is 0.346 e. The zero-order valence-corrected chi connectivity index (χ0v) is 13.1. The Morgan fingerprint density at radius 3 is 2.86 bits per heavy atom. The number of hydrogen-bond donors (Lipinski definition) is 1. The van der Waals surface area contributed by atoms with Crippen LogP contribution < -0.4 is 4.90 Å². The Morgan fingerprint density at radius 1 is 1.48 bits per heavy atom. The largest absolute Gasteiger partial charge is 0.477 e. The number of carboxylic acids is 1. The predicted octanol–water partition coefficient (Wildman–Crippen LogP) is 1.84. The van der Waals surface area contributed by atoms with Gasteiger partial charge in [-0.05, 0) is 33.0 Å². The third-order valence-corrected chi connectivity index (χ3v) is 5.28. The number of anilines is 1. The Labute approximate surface area is 127 Å². The Hall–Kier alpha value is -1.73. The van der Waals surface area contributed by atoms with Gasteiger partial charge < -0.3 is 14.9 Å². The lowest BCUT2D eigenvalue weighted by Crippen LogP contribution is -2.31. The summed E-state index contributed by atoms with van der Waals surface area (Å²) in [6.07, 6.45) is 2.62. The van der Waals surface area contributed by atoms with Gasteiger partial charge in [0.25, 0.3) is 0 Å². The maximum atomic E-state index is 11.3. The second-order valence-electron chi connectivity index (χ2n) is 5.59. The summed E-state index contributed by atoms with van der Waals surface area (Å²) in [5, 5.41) is 10.2. The van der Waals surface area contributed by atoms with Crippen molar-refractivity contribution in [1.82, 2.24) is 14.9 Å². The molecule has 3 rings (SSSR count). The number of fused-ring (bicyclic) bond motifs is 1. The lowest BCUT2D eigenvalue weighted by atomic mass is 10.2. The van der Waals surface area contributed by atoms with Gasteiger partial charge in [0, 0.05) is 19.1 Å². The van der Waals surface area contributed by atoms with Crippen LogP contribution in [0.3, 0.4) is 0 Å². The summed E-state index contributed by atoms with van der Waals surface area (Å²) in [5.41, 5.74) is 0.770. The number of rotatable bonds is 3. The molecule has 1 aliphatic heterocycles. The summed E-state index contributed by atoms with van der Waals surface area (Å²) < 4.78 is 0. The van der Waals surface area contributed by atoms with Crippen molar-refractivity contribution in [1.29, 1.82) is 0 Å². The van der Waals surface area contributed by atoms with Crippen LogP contribution in [0.4, 0.5) is 5.82 Å². The second kappa shape index (κ2) is 5.23. The quantitative estimate of drug-likeness (QED) is 0.933. The molecule has 6 nitrogen and oxygen atoms in total. The highest BCUT2D eigenvalue weighted by atomic mass is 32.1. The Bertz CT molecular complexity index is 698. The van der Waals surface area contributed by atoms with Crippen molar-refractivity contribution in [2.24, 2.45) is 0 Å². The molecule has 1 aliphatic rings. The molecule has 2 aromatic heterocycles. The molecule has 21 heavy (non-hydrogen) atoms. The minimum Gasteiger partial charge on any atom is -0.477 e. The normalized spacial score (nSPS) is 18.9. The van der Waals surface area contributed by atoms with Crippen molar-refractivity contribution in [2.45, 2.75) is 19.4 Å². The molecule has 1 fully saturated rings.